The Hall–Kier alpha value is -2.00. The van der Waals surface area contributed by atoms with Crippen LogP contribution < -0.4 is 10.1 Å². The average Bonchev–Trinajstić information content (AvgIpc) is 2.90. The number of phenols is 1. The monoisotopic (exact) mass is 283 g/mol. The molecular formula is C18H21NO2. The van der Waals surface area contributed by atoms with Gasteiger partial charge in [-0.2, -0.15) is 0 Å². The third-order valence-corrected chi connectivity index (χ3v) is 3.89. The van der Waals surface area contributed by atoms with Gasteiger partial charge in [-0.1, -0.05) is 30.3 Å². The molecule has 2 unspecified atom stereocenters. The standard InChI is InChI=1S/C18H21NO2/c1-13(10-14-6-8-16(20)9-7-14)19-12-17-11-15-4-2-3-5-18(15)21-17/h2-9,13,17,19-20H,10-12H2,1H3. The van der Waals surface area contributed by atoms with Crippen LogP contribution in [0.5, 0.6) is 11.5 Å². The van der Waals surface area contributed by atoms with Crippen molar-refractivity contribution in [2.75, 3.05) is 6.54 Å². The molecule has 110 valence electrons. The van der Waals surface area contributed by atoms with Gasteiger partial charge in [0.25, 0.3) is 0 Å². The lowest BCUT2D eigenvalue weighted by Crippen LogP contribution is -2.36. The molecule has 0 radical (unpaired) electrons. The van der Waals surface area contributed by atoms with Crippen molar-refractivity contribution < 1.29 is 9.84 Å². The fraction of sp³-hybridized carbons (Fsp3) is 0.333. The minimum absolute atomic E-state index is 0.227. The van der Waals surface area contributed by atoms with Gasteiger partial charge in [-0.25, -0.2) is 0 Å². The predicted molar refractivity (Wildman–Crippen MR) is 83.8 cm³/mol. The third kappa shape index (κ3) is 3.56. The number of para-hydroxylation sites is 1. The molecule has 3 rings (SSSR count). The molecule has 1 heterocycles. The summed E-state index contributed by atoms with van der Waals surface area (Å²) in [7, 11) is 0. The Morgan fingerprint density at radius 1 is 1.19 bits per heavy atom. The van der Waals surface area contributed by atoms with Crippen LogP contribution in [-0.4, -0.2) is 23.8 Å². The minimum Gasteiger partial charge on any atom is -0.508 e. The zero-order valence-corrected chi connectivity index (χ0v) is 12.3. The molecule has 0 spiro atoms. The van der Waals surface area contributed by atoms with E-state index in [0.717, 1.165) is 25.1 Å². The summed E-state index contributed by atoms with van der Waals surface area (Å²) < 4.78 is 5.93. The molecule has 1 aliphatic heterocycles. The van der Waals surface area contributed by atoms with Gasteiger partial charge in [-0.15, -0.1) is 0 Å². The molecule has 0 saturated carbocycles. The van der Waals surface area contributed by atoms with E-state index in [4.69, 9.17) is 4.74 Å². The number of hydrogen-bond donors (Lipinski definition) is 2. The Morgan fingerprint density at radius 2 is 1.95 bits per heavy atom. The van der Waals surface area contributed by atoms with E-state index in [1.54, 1.807) is 12.1 Å². The molecule has 2 atom stereocenters. The first-order valence-electron chi connectivity index (χ1n) is 7.46. The predicted octanol–water partition coefficient (Wildman–Crippen LogP) is 2.92. The zero-order valence-electron chi connectivity index (χ0n) is 12.3. The number of benzene rings is 2. The van der Waals surface area contributed by atoms with Crippen molar-refractivity contribution in [3.05, 3.63) is 59.7 Å². The second kappa shape index (κ2) is 6.19. The van der Waals surface area contributed by atoms with E-state index in [0.29, 0.717) is 11.8 Å². The van der Waals surface area contributed by atoms with Gasteiger partial charge >= 0.3 is 0 Å². The number of ether oxygens (including phenoxy) is 1. The molecule has 0 aliphatic carbocycles. The lowest BCUT2D eigenvalue weighted by Gasteiger charge is -2.17. The second-order valence-corrected chi connectivity index (χ2v) is 5.73. The Balaban J connectivity index is 1.47. The van der Waals surface area contributed by atoms with Crippen molar-refractivity contribution in [3.8, 4) is 11.5 Å². The number of nitrogens with one attached hydrogen (secondary N) is 1. The number of hydrogen-bond acceptors (Lipinski definition) is 3. The van der Waals surface area contributed by atoms with Crippen molar-refractivity contribution in [1.82, 2.24) is 5.32 Å². The Morgan fingerprint density at radius 3 is 2.71 bits per heavy atom. The Bertz CT molecular complexity index is 569. The van der Waals surface area contributed by atoms with Crippen molar-refractivity contribution in [1.29, 1.82) is 0 Å². The quantitative estimate of drug-likeness (QED) is 0.886. The molecule has 1 aliphatic rings. The highest BCUT2D eigenvalue weighted by Crippen LogP contribution is 2.27. The highest BCUT2D eigenvalue weighted by atomic mass is 16.5. The van der Waals surface area contributed by atoms with Crippen molar-refractivity contribution >= 4 is 0 Å². The number of fused-ring (bicyclic) bond motifs is 1. The smallest absolute Gasteiger partial charge is 0.123 e. The van der Waals surface area contributed by atoms with Crippen LogP contribution in [-0.2, 0) is 12.8 Å². The molecule has 0 saturated heterocycles. The van der Waals surface area contributed by atoms with Gasteiger partial charge in [0.15, 0.2) is 0 Å². The van der Waals surface area contributed by atoms with E-state index in [1.165, 1.54) is 11.1 Å². The first-order chi connectivity index (χ1) is 10.2. The lowest BCUT2D eigenvalue weighted by atomic mass is 10.1. The SMILES string of the molecule is CC(Cc1ccc(O)cc1)NCC1Cc2ccccc2O1. The molecule has 3 nitrogen and oxygen atoms in total. The molecular weight excluding hydrogens is 262 g/mol. The second-order valence-electron chi connectivity index (χ2n) is 5.73. The largest absolute Gasteiger partial charge is 0.508 e. The van der Waals surface area contributed by atoms with Gasteiger partial charge in [0.05, 0.1) is 0 Å². The summed E-state index contributed by atoms with van der Waals surface area (Å²) in [5.74, 6) is 1.34. The first-order valence-corrected chi connectivity index (χ1v) is 7.46. The van der Waals surface area contributed by atoms with Gasteiger partial charge in [0, 0.05) is 19.0 Å². The zero-order chi connectivity index (χ0) is 14.7. The maximum absolute atomic E-state index is 9.29. The van der Waals surface area contributed by atoms with E-state index in [9.17, 15) is 5.11 Å². The molecule has 3 heteroatoms. The number of aromatic hydroxyl groups is 1. The normalized spacial score (nSPS) is 18.0. The number of rotatable bonds is 5. The summed E-state index contributed by atoms with van der Waals surface area (Å²) in [6, 6.07) is 16.0. The Labute approximate surface area is 125 Å². The maximum Gasteiger partial charge on any atom is 0.123 e. The summed E-state index contributed by atoms with van der Waals surface area (Å²) >= 11 is 0. The molecule has 0 fully saturated rings. The van der Waals surface area contributed by atoms with Gasteiger partial charge in [-0.05, 0) is 42.7 Å². The van der Waals surface area contributed by atoms with Crippen LogP contribution in [0.1, 0.15) is 18.1 Å². The molecule has 2 aromatic rings. The summed E-state index contributed by atoms with van der Waals surface area (Å²) in [6.07, 6.45) is 2.15. The van der Waals surface area contributed by atoms with Gasteiger partial charge < -0.3 is 15.2 Å². The summed E-state index contributed by atoms with van der Waals surface area (Å²) in [5.41, 5.74) is 2.53. The number of phenolic OH excluding ortho intramolecular Hbond substituents is 1. The molecule has 2 N–H and O–H groups in total. The molecule has 21 heavy (non-hydrogen) atoms. The van der Waals surface area contributed by atoms with Crippen LogP contribution in [0.4, 0.5) is 0 Å². The van der Waals surface area contributed by atoms with E-state index < -0.39 is 0 Å². The van der Waals surface area contributed by atoms with Crippen LogP contribution in [0.25, 0.3) is 0 Å². The molecule has 2 aromatic carbocycles. The van der Waals surface area contributed by atoms with Crippen LogP contribution in [0, 0.1) is 0 Å². The van der Waals surface area contributed by atoms with Crippen LogP contribution in [0.15, 0.2) is 48.5 Å². The van der Waals surface area contributed by atoms with E-state index in [2.05, 4.69) is 24.4 Å². The molecule has 0 amide bonds. The fourth-order valence-corrected chi connectivity index (χ4v) is 2.76. The highest BCUT2D eigenvalue weighted by Gasteiger charge is 2.22. The lowest BCUT2D eigenvalue weighted by molar-refractivity contribution is 0.222. The summed E-state index contributed by atoms with van der Waals surface area (Å²) in [5, 5.41) is 12.8. The van der Waals surface area contributed by atoms with Gasteiger partial charge in [-0.3, -0.25) is 0 Å². The van der Waals surface area contributed by atoms with Crippen LogP contribution >= 0.6 is 0 Å². The first kappa shape index (κ1) is 14.0. The summed E-state index contributed by atoms with van der Waals surface area (Å²) in [4.78, 5) is 0. The fourth-order valence-electron chi connectivity index (χ4n) is 2.76. The van der Waals surface area contributed by atoms with Gasteiger partial charge in [0.1, 0.15) is 17.6 Å². The molecule has 0 aromatic heterocycles. The minimum atomic E-state index is 0.227. The topological polar surface area (TPSA) is 41.5 Å². The van der Waals surface area contributed by atoms with Crippen molar-refractivity contribution in [3.63, 3.8) is 0 Å². The molecule has 0 bridgehead atoms. The van der Waals surface area contributed by atoms with Gasteiger partial charge in [0.2, 0.25) is 0 Å². The van der Waals surface area contributed by atoms with Crippen LogP contribution in [0.3, 0.4) is 0 Å². The van der Waals surface area contributed by atoms with Crippen molar-refractivity contribution in [2.45, 2.75) is 31.9 Å². The van der Waals surface area contributed by atoms with E-state index >= 15 is 0 Å². The Kier molecular flexibility index (Phi) is 4.11. The summed E-state index contributed by atoms with van der Waals surface area (Å²) in [6.45, 7) is 3.03. The van der Waals surface area contributed by atoms with E-state index in [-0.39, 0.29) is 6.10 Å². The maximum atomic E-state index is 9.29. The third-order valence-electron chi connectivity index (χ3n) is 3.89. The highest BCUT2D eigenvalue weighted by molar-refractivity contribution is 5.37. The van der Waals surface area contributed by atoms with Crippen LogP contribution in [0.2, 0.25) is 0 Å². The average molecular weight is 283 g/mol. The van der Waals surface area contributed by atoms with Crippen molar-refractivity contribution in [2.24, 2.45) is 0 Å². The van der Waals surface area contributed by atoms with E-state index in [1.807, 2.05) is 24.3 Å².